The lowest BCUT2D eigenvalue weighted by atomic mass is 10.4. The van der Waals surface area contributed by atoms with E-state index < -0.39 is 21.2 Å². The summed E-state index contributed by atoms with van der Waals surface area (Å²) in [6.07, 6.45) is -2.74. The summed E-state index contributed by atoms with van der Waals surface area (Å²) in [6.45, 7) is 0. The van der Waals surface area contributed by atoms with E-state index in [1.807, 2.05) is 0 Å². The second-order valence-electron chi connectivity index (χ2n) is 2.38. The summed E-state index contributed by atoms with van der Waals surface area (Å²) in [5.74, 6) is 0. The molecule has 1 aromatic rings. The molecular weight excluding hydrogens is 477 g/mol. The van der Waals surface area contributed by atoms with Crippen molar-refractivity contribution in [2.45, 2.75) is 11.3 Å². The summed E-state index contributed by atoms with van der Waals surface area (Å²) in [4.78, 5) is 3.25. The van der Waals surface area contributed by atoms with Crippen LogP contribution in [-0.2, 0) is 9.05 Å². The fourth-order valence-corrected chi connectivity index (χ4v) is 4.20. The highest BCUT2D eigenvalue weighted by Gasteiger charge is 2.21. The molecule has 15 heavy (non-hydrogen) atoms. The third-order valence-corrected chi connectivity index (χ3v) is 4.78. The Bertz CT molecular complexity index is 494. The predicted molar refractivity (Wildman–Crippen MR) is 67.7 cm³/mol. The topological polar surface area (TPSA) is 47.0 Å². The van der Waals surface area contributed by atoms with E-state index in [2.05, 4.69) is 4.98 Å². The quantitative estimate of drug-likeness (QED) is 0.372. The van der Waals surface area contributed by atoms with Gasteiger partial charge in [0.2, 0.25) is 0 Å². The Hall–Kier alpha value is 0.710. The van der Waals surface area contributed by atoms with Gasteiger partial charge in [0.05, 0.1) is 0 Å². The zero-order chi connectivity index (χ0) is 11.8. The maximum absolute atomic E-state index is 12.4. The van der Waals surface area contributed by atoms with Crippen molar-refractivity contribution in [1.82, 2.24) is 4.98 Å². The smallest absolute Gasteiger partial charge is 0.238 e. The molecule has 0 aromatic carbocycles. The van der Waals surface area contributed by atoms with Crippen LogP contribution in [0.3, 0.4) is 0 Å². The van der Waals surface area contributed by atoms with Crippen LogP contribution in [0.15, 0.2) is 11.0 Å². The lowest BCUT2D eigenvalue weighted by Gasteiger charge is -2.06. The first-order valence-corrected chi connectivity index (χ1v) is 7.79. The third-order valence-electron chi connectivity index (χ3n) is 1.39. The Morgan fingerprint density at radius 2 is 1.93 bits per heavy atom. The van der Waals surface area contributed by atoms with E-state index >= 15 is 0 Å². The standard InChI is InChI=1S/C6H2ClF2I2NO2S/c7-15(13,14)3-1-2(10)4(5(8)9)12-6(3)11/h1,5H. The van der Waals surface area contributed by atoms with Crippen molar-refractivity contribution >= 4 is 64.9 Å². The number of hydrogen-bond donors (Lipinski definition) is 0. The lowest BCUT2D eigenvalue weighted by molar-refractivity contribution is 0.144. The second kappa shape index (κ2) is 4.92. The molecule has 0 radical (unpaired) electrons. The number of rotatable bonds is 2. The van der Waals surface area contributed by atoms with E-state index in [1.54, 1.807) is 45.2 Å². The molecule has 0 unspecified atom stereocenters. The summed E-state index contributed by atoms with van der Waals surface area (Å²) in [7, 11) is 1.16. The molecule has 0 amide bonds. The second-order valence-corrected chi connectivity index (χ2v) is 7.10. The number of nitrogens with zero attached hydrogens (tertiary/aromatic N) is 1. The highest BCUT2D eigenvalue weighted by Crippen LogP contribution is 2.28. The van der Waals surface area contributed by atoms with Crippen molar-refractivity contribution in [1.29, 1.82) is 0 Å². The summed E-state index contributed by atoms with van der Waals surface area (Å²) in [6, 6.07) is 1.08. The van der Waals surface area contributed by atoms with Crippen LogP contribution in [0.4, 0.5) is 8.78 Å². The monoisotopic (exact) mass is 479 g/mol. The minimum Gasteiger partial charge on any atom is -0.238 e. The van der Waals surface area contributed by atoms with Gasteiger partial charge in [0.1, 0.15) is 14.3 Å². The Balaban J connectivity index is 3.46. The molecule has 0 fully saturated rings. The molecule has 0 saturated heterocycles. The zero-order valence-electron chi connectivity index (χ0n) is 6.72. The predicted octanol–water partition coefficient (Wildman–Crippen LogP) is 3.16. The summed E-state index contributed by atoms with van der Waals surface area (Å²) in [5, 5.41) is 0. The van der Waals surface area contributed by atoms with Gasteiger partial charge in [-0.15, -0.1) is 0 Å². The Morgan fingerprint density at radius 3 is 2.33 bits per heavy atom. The molecule has 3 nitrogen and oxygen atoms in total. The van der Waals surface area contributed by atoms with Crippen LogP contribution in [0.5, 0.6) is 0 Å². The summed E-state index contributed by atoms with van der Waals surface area (Å²) >= 11 is 3.14. The molecule has 0 bridgehead atoms. The third kappa shape index (κ3) is 3.33. The van der Waals surface area contributed by atoms with E-state index in [0.717, 1.165) is 6.07 Å². The van der Waals surface area contributed by atoms with Gasteiger partial charge in [-0.05, 0) is 51.2 Å². The van der Waals surface area contributed by atoms with Crippen molar-refractivity contribution in [2.24, 2.45) is 0 Å². The average Bonchev–Trinajstić information content (AvgIpc) is 2.06. The number of halogens is 5. The zero-order valence-corrected chi connectivity index (χ0v) is 12.6. The maximum Gasteiger partial charge on any atom is 0.281 e. The van der Waals surface area contributed by atoms with Gasteiger partial charge in [0.15, 0.2) is 0 Å². The Kier molecular flexibility index (Phi) is 4.52. The molecule has 84 valence electrons. The molecule has 1 heterocycles. The minimum absolute atomic E-state index is 0.0571. The lowest BCUT2D eigenvalue weighted by Crippen LogP contribution is -2.03. The molecule has 0 aliphatic carbocycles. The number of pyridine rings is 1. The molecule has 0 atom stereocenters. The van der Waals surface area contributed by atoms with Crippen LogP contribution in [0.1, 0.15) is 12.1 Å². The molecule has 0 spiro atoms. The van der Waals surface area contributed by atoms with Crippen molar-refractivity contribution in [2.75, 3.05) is 0 Å². The van der Waals surface area contributed by atoms with Gasteiger partial charge >= 0.3 is 0 Å². The van der Waals surface area contributed by atoms with Gasteiger partial charge in [0.25, 0.3) is 15.5 Å². The first-order chi connectivity index (χ1) is 6.73. The van der Waals surface area contributed by atoms with Gasteiger partial charge in [-0.2, -0.15) is 0 Å². The van der Waals surface area contributed by atoms with Crippen molar-refractivity contribution in [3.8, 4) is 0 Å². The van der Waals surface area contributed by atoms with E-state index in [4.69, 9.17) is 10.7 Å². The number of aromatic nitrogens is 1. The molecule has 0 aliphatic heterocycles. The van der Waals surface area contributed by atoms with Crippen molar-refractivity contribution in [3.05, 3.63) is 19.0 Å². The molecular formula is C6H2ClF2I2NO2S. The van der Waals surface area contributed by atoms with Crippen molar-refractivity contribution < 1.29 is 17.2 Å². The SMILES string of the molecule is O=S(=O)(Cl)c1cc(I)c(C(F)F)nc1I. The Morgan fingerprint density at radius 1 is 1.40 bits per heavy atom. The summed E-state index contributed by atoms with van der Waals surface area (Å²) in [5.41, 5.74) is -0.441. The first-order valence-electron chi connectivity index (χ1n) is 3.32. The molecule has 0 saturated carbocycles. The molecule has 9 heteroatoms. The average molecular weight is 479 g/mol. The van der Waals surface area contributed by atoms with E-state index in [-0.39, 0.29) is 12.2 Å². The molecule has 1 rings (SSSR count). The van der Waals surface area contributed by atoms with Gasteiger partial charge in [-0.25, -0.2) is 22.2 Å². The fourth-order valence-electron chi connectivity index (χ4n) is 0.787. The van der Waals surface area contributed by atoms with Crippen LogP contribution in [0.2, 0.25) is 0 Å². The van der Waals surface area contributed by atoms with E-state index in [1.165, 1.54) is 0 Å². The van der Waals surface area contributed by atoms with Crippen LogP contribution in [-0.4, -0.2) is 13.4 Å². The summed E-state index contributed by atoms with van der Waals surface area (Å²) < 4.78 is 46.8. The minimum atomic E-state index is -3.95. The largest absolute Gasteiger partial charge is 0.281 e. The number of hydrogen-bond acceptors (Lipinski definition) is 3. The molecule has 0 aliphatic rings. The van der Waals surface area contributed by atoms with Gasteiger partial charge in [-0.1, -0.05) is 0 Å². The van der Waals surface area contributed by atoms with Crippen LogP contribution >= 0.6 is 55.9 Å². The maximum atomic E-state index is 12.4. The van der Waals surface area contributed by atoms with Gasteiger partial charge in [0, 0.05) is 14.3 Å². The Labute approximate surface area is 116 Å². The molecule has 0 N–H and O–H groups in total. The van der Waals surface area contributed by atoms with Crippen LogP contribution < -0.4 is 0 Å². The normalized spacial score (nSPS) is 12.1. The van der Waals surface area contributed by atoms with E-state index in [9.17, 15) is 17.2 Å². The van der Waals surface area contributed by atoms with Crippen molar-refractivity contribution in [3.63, 3.8) is 0 Å². The van der Waals surface area contributed by atoms with Gasteiger partial charge < -0.3 is 0 Å². The fraction of sp³-hybridized carbons (Fsp3) is 0.167. The molecule has 1 aromatic heterocycles. The highest BCUT2D eigenvalue weighted by atomic mass is 127. The highest BCUT2D eigenvalue weighted by molar-refractivity contribution is 14.1. The van der Waals surface area contributed by atoms with Crippen LogP contribution in [0, 0.1) is 7.27 Å². The van der Waals surface area contributed by atoms with Crippen LogP contribution in [0.25, 0.3) is 0 Å². The van der Waals surface area contributed by atoms with E-state index in [0.29, 0.717) is 0 Å². The van der Waals surface area contributed by atoms with Gasteiger partial charge in [-0.3, -0.25) is 0 Å². The first kappa shape index (κ1) is 13.8. The number of alkyl halides is 2.